The molecular formula is C24H23FN4O2. The fourth-order valence-electron chi connectivity index (χ4n) is 3.96. The highest BCUT2D eigenvalue weighted by atomic mass is 19.1. The summed E-state index contributed by atoms with van der Waals surface area (Å²) in [7, 11) is 3.30. The van der Waals surface area contributed by atoms with Gasteiger partial charge in [0, 0.05) is 19.0 Å². The molecule has 7 heteroatoms. The zero-order chi connectivity index (χ0) is 22.0. The molecule has 2 heterocycles. The van der Waals surface area contributed by atoms with Crippen molar-refractivity contribution in [3.63, 3.8) is 0 Å². The van der Waals surface area contributed by atoms with Gasteiger partial charge in [-0.1, -0.05) is 18.2 Å². The van der Waals surface area contributed by atoms with Crippen molar-refractivity contribution < 1.29 is 9.13 Å². The molecule has 3 aromatic rings. The minimum atomic E-state index is -0.635. The third-order valence-electron chi connectivity index (χ3n) is 5.76. The smallest absolute Gasteiger partial charge is 0.261 e. The lowest BCUT2D eigenvalue weighted by atomic mass is 9.98. The van der Waals surface area contributed by atoms with E-state index in [1.807, 2.05) is 6.07 Å². The molecular weight excluding hydrogens is 395 g/mol. The van der Waals surface area contributed by atoms with Crippen molar-refractivity contribution in [3.8, 4) is 34.2 Å². The molecule has 1 unspecified atom stereocenters. The lowest BCUT2D eigenvalue weighted by molar-refractivity contribution is 0.415. The molecule has 1 aliphatic heterocycles. The van der Waals surface area contributed by atoms with Crippen LogP contribution in [0.5, 0.6) is 5.75 Å². The lowest BCUT2D eigenvalue weighted by Gasteiger charge is -2.17. The predicted molar refractivity (Wildman–Crippen MR) is 116 cm³/mol. The van der Waals surface area contributed by atoms with Crippen LogP contribution in [0.25, 0.3) is 22.4 Å². The number of nitriles is 1. The minimum Gasteiger partial charge on any atom is -0.497 e. The Morgan fingerprint density at radius 2 is 2.00 bits per heavy atom. The van der Waals surface area contributed by atoms with E-state index in [4.69, 9.17) is 15.0 Å². The summed E-state index contributed by atoms with van der Waals surface area (Å²) >= 11 is 0. The van der Waals surface area contributed by atoms with Crippen LogP contribution in [0.15, 0.2) is 47.3 Å². The monoisotopic (exact) mass is 418 g/mol. The molecule has 0 amide bonds. The summed E-state index contributed by atoms with van der Waals surface area (Å²) in [6, 6.07) is 13.3. The van der Waals surface area contributed by atoms with E-state index < -0.39 is 5.82 Å². The van der Waals surface area contributed by atoms with Gasteiger partial charge in [-0.3, -0.25) is 9.36 Å². The van der Waals surface area contributed by atoms with Gasteiger partial charge in [-0.15, -0.1) is 0 Å². The summed E-state index contributed by atoms with van der Waals surface area (Å²) in [5.74, 6) is 1.10. The molecule has 158 valence electrons. The number of halogens is 1. The summed E-state index contributed by atoms with van der Waals surface area (Å²) in [5, 5.41) is 12.4. The van der Waals surface area contributed by atoms with Gasteiger partial charge in [-0.2, -0.15) is 5.26 Å². The second-order valence-electron chi connectivity index (χ2n) is 7.71. The van der Waals surface area contributed by atoms with E-state index in [0.29, 0.717) is 46.3 Å². The van der Waals surface area contributed by atoms with Gasteiger partial charge in [-0.25, -0.2) is 9.37 Å². The second kappa shape index (κ2) is 8.70. The fourth-order valence-corrected chi connectivity index (χ4v) is 3.96. The Kier molecular flexibility index (Phi) is 5.83. The Labute approximate surface area is 179 Å². The van der Waals surface area contributed by atoms with Crippen molar-refractivity contribution in [1.29, 1.82) is 5.26 Å². The molecule has 1 N–H and O–H groups in total. The van der Waals surface area contributed by atoms with Crippen LogP contribution in [-0.2, 0) is 13.5 Å². The highest BCUT2D eigenvalue weighted by molar-refractivity contribution is 5.80. The Hall–Kier alpha value is -3.50. The van der Waals surface area contributed by atoms with Crippen LogP contribution in [-0.4, -0.2) is 29.8 Å². The number of ether oxygens (including phenoxy) is 1. The maximum atomic E-state index is 14.4. The molecule has 2 aromatic carbocycles. The highest BCUT2D eigenvalue weighted by Gasteiger charge is 2.22. The first-order valence-electron chi connectivity index (χ1n) is 10.2. The molecule has 0 radical (unpaired) electrons. The van der Waals surface area contributed by atoms with Gasteiger partial charge in [0.15, 0.2) is 0 Å². The van der Waals surface area contributed by atoms with E-state index in [-0.39, 0.29) is 11.1 Å². The molecule has 0 spiro atoms. The van der Waals surface area contributed by atoms with Gasteiger partial charge in [0.05, 0.1) is 23.9 Å². The van der Waals surface area contributed by atoms with Crippen molar-refractivity contribution in [2.45, 2.75) is 12.8 Å². The van der Waals surface area contributed by atoms with Gasteiger partial charge in [0.25, 0.3) is 5.56 Å². The number of methoxy groups -OCH3 is 1. The van der Waals surface area contributed by atoms with Gasteiger partial charge < -0.3 is 10.1 Å². The summed E-state index contributed by atoms with van der Waals surface area (Å²) < 4.78 is 21.2. The van der Waals surface area contributed by atoms with Gasteiger partial charge in [0.1, 0.15) is 23.5 Å². The Bertz CT molecular complexity index is 1210. The molecule has 31 heavy (non-hydrogen) atoms. The van der Waals surface area contributed by atoms with Crippen LogP contribution in [0.2, 0.25) is 0 Å². The van der Waals surface area contributed by atoms with Crippen LogP contribution in [0.1, 0.15) is 17.8 Å². The number of aromatic nitrogens is 2. The van der Waals surface area contributed by atoms with Gasteiger partial charge in [0.2, 0.25) is 0 Å². The average Bonchev–Trinajstić information content (AvgIpc) is 3.30. The molecule has 0 bridgehead atoms. The van der Waals surface area contributed by atoms with Crippen molar-refractivity contribution in [2.75, 3.05) is 20.2 Å². The number of benzene rings is 2. The predicted octanol–water partition coefficient (Wildman–Crippen LogP) is 3.29. The van der Waals surface area contributed by atoms with Crippen LogP contribution in [0.4, 0.5) is 4.39 Å². The van der Waals surface area contributed by atoms with Gasteiger partial charge >= 0.3 is 0 Å². The minimum absolute atomic E-state index is 0.0455. The number of hydrogen-bond donors (Lipinski definition) is 1. The summed E-state index contributed by atoms with van der Waals surface area (Å²) in [6.45, 7) is 1.84. The van der Waals surface area contributed by atoms with E-state index in [9.17, 15) is 9.18 Å². The molecule has 1 aliphatic rings. The van der Waals surface area contributed by atoms with E-state index in [1.54, 1.807) is 49.1 Å². The topological polar surface area (TPSA) is 79.9 Å². The largest absolute Gasteiger partial charge is 0.497 e. The highest BCUT2D eigenvalue weighted by Crippen LogP contribution is 2.31. The zero-order valence-corrected chi connectivity index (χ0v) is 17.5. The van der Waals surface area contributed by atoms with Crippen LogP contribution in [0, 0.1) is 23.1 Å². The molecule has 1 saturated heterocycles. The number of nitrogens with one attached hydrogen (secondary N) is 1. The first kappa shape index (κ1) is 20.8. The third-order valence-corrected chi connectivity index (χ3v) is 5.76. The molecule has 1 fully saturated rings. The second-order valence-corrected chi connectivity index (χ2v) is 7.71. The van der Waals surface area contributed by atoms with Crippen molar-refractivity contribution in [2.24, 2.45) is 13.0 Å². The molecule has 6 nitrogen and oxygen atoms in total. The Morgan fingerprint density at radius 1 is 1.26 bits per heavy atom. The third kappa shape index (κ3) is 4.07. The quantitative estimate of drug-likeness (QED) is 0.688. The van der Waals surface area contributed by atoms with Gasteiger partial charge in [-0.05, 0) is 55.3 Å². The number of rotatable bonds is 5. The maximum absolute atomic E-state index is 14.4. The molecule has 1 aromatic heterocycles. The maximum Gasteiger partial charge on any atom is 0.261 e. The zero-order valence-electron chi connectivity index (χ0n) is 17.5. The van der Waals surface area contributed by atoms with Crippen LogP contribution in [0.3, 0.4) is 0 Å². The Morgan fingerprint density at radius 3 is 2.61 bits per heavy atom. The summed E-state index contributed by atoms with van der Waals surface area (Å²) in [6.07, 6.45) is 1.68. The molecule has 0 saturated carbocycles. The fraction of sp³-hybridized carbons (Fsp3) is 0.292. The number of nitrogens with zero attached hydrogens (tertiary/aromatic N) is 3. The van der Waals surface area contributed by atoms with E-state index in [0.717, 1.165) is 19.5 Å². The van der Waals surface area contributed by atoms with Crippen molar-refractivity contribution in [3.05, 3.63) is 70.0 Å². The van der Waals surface area contributed by atoms with E-state index in [1.165, 1.54) is 12.1 Å². The number of hydrogen-bond acceptors (Lipinski definition) is 5. The summed E-state index contributed by atoms with van der Waals surface area (Å²) in [4.78, 5) is 18.3. The SMILES string of the molecule is COc1ccc(-c2c(-c3ccc(C#N)c(F)c3)nc(CC3CCNC3)n(C)c2=O)cc1. The van der Waals surface area contributed by atoms with Crippen molar-refractivity contribution >= 4 is 0 Å². The van der Waals surface area contributed by atoms with Crippen LogP contribution < -0.4 is 15.6 Å². The first-order chi connectivity index (χ1) is 15.0. The van der Waals surface area contributed by atoms with Crippen LogP contribution >= 0.6 is 0 Å². The Balaban J connectivity index is 1.91. The first-order valence-corrected chi connectivity index (χ1v) is 10.2. The van der Waals surface area contributed by atoms with E-state index in [2.05, 4.69) is 5.32 Å². The molecule has 1 atom stereocenters. The lowest BCUT2D eigenvalue weighted by Crippen LogP contribution is -2.27. The average molecular weight is 418 g/mol. The molecule has 4 rings (SSSR count). The van der Waals surface area contributed by atoms with E-state index >= 15 is 0 Å². The summed E-state index contributed by atoms with van der Waals surface area (Å²) in [5.41, 5.74) is 1.70. The normalized spacial score (nSPS) is 15.6. The van der Waals surface area contributed by atoms with Crippen molar-refractivity contribution in [1.82, 2.24) is 14.9 Å². The molecule has 0 aliphatic carbocycles. The standard InChI is InChI=1S/C24H23FN4O2/c1-29-21(11-15-9-10-27-14-15)28-23(17-3-4-18(13-26)20(25)12-17)22(24(29)30)16-5-7-19(31-2)8-6-16/h3-8,12,15,27H,9-11,14H2,1-2H3.